The van der Waals surface area contributed by atoms with Crippen molar-refractivity contribution in [3.05, 3.63) is 39.8 Å². The van der Waals surface area contributed by atoms with Crippen LogP contribution in [-0.4, -0.2) is 45.6 Å². The van der Waals surface area contributed by atoms with E-state index in [9.17, 15) is 9.59 Å². The Morgan fingerprint density at radius 3 is 2.68 bits per heavy atom. The number of halogens is 1. The number of hydrogen-bond donors (Lipinski definition) is 0. The second-order valence-electron chi connectivity index (χ2n) is 6.05. The van der Waals surface area contributed by atoms with Gasteiger partial charge in [-0.05, 0) is 37.0 Å². The number of carbonyl (C=O) groups is 2. The number of thiocarbonyl (C=S) groups is 1. The van der Waals surface area contributed by atoms with Gasteiger partial charge in [-0.2, -0.15) is 0 Å². The summed E-state index contributed by atoms with van der Waals surface area (Å²) < 4.78 is 0.495. The topological polar surface area (TPSA) is 40.6 Å². The Bertz CT molecular complexity index is 730. The molecule has 0 atom stereocenters. The van der Waals surface area contributed by atoms with E-state index in [4.69, 9.17) is 23.8 Å². The molecule has 0 saturated carbocycles. The number of amides is 2. The molecule has 7 heteroatoms. The Kier molecular flexibility index (Phi) is 6.15. The van der Waals surface area contributed by atoms with Crippen molar-refractivity contribution in [2.45, 2.75) is 25.7 Å². The van der Waals surface area contributed by atoms with E-state index >= 15 is 0 Å². The summed E-state index contributed by atoms with van der Waals surface area (Å²) in [5.74, 6) is -0.0507. The van der Waals surface area contributed by atoms with E-state index in [0.717, 1.165) is 31.5 Å². The van der Waals surface area contributed by atoms with E-state index in [1.54, 1.807) is 12.1 Å². The van der Waals surface area contributed by atoms with Crippen LogP contribution in [-0.2, 0) is 9.59 Å². The van der Waals surface area contributed by atoms with Gasteiger partial charge in [0.1, 0.15) is 4.32 Å². The number of piperidine rings is 1. The Morgan fingerprint density at radius 2 is 1.96 bits per heavy atom. The predicted molar refractivity (Wildman–Crippen MR) is 106 cm³/mol. The highest BCUT2D eigenvalue weighted by Gasteiger charge is 2.32. The van der Waals surface area contributed by atoms with E-state index in [1.807, 2.05) is 23.1 Å². The lowest BCUT2D eigenvalue weighted by molar-refractivity contribution is -0.132. The van der Waals surface area contributed by atoms with Gasteiger partial charge in [-0.15, -0.1) is 0 Å². The van der Waals surface area contributed by atoms with Crippen LogP contribution in [0.2, 0.25) is 5.02 Å². The predicted octanol–water partition coefficient (Wildman–Crippen LogP) is 3.94. The number of likely N-dealkylation sites (tertiary alicyclic amines) is 1. The second kappa shape index (κ2) is 8.34. The SMILES string of the molecule is O=C(CCN1C(=O)/C(=C/c2ccccc2Cl)SC1=S)N1CCCCC1. The van der Waals surface area contributed by atoms with Gasteiger partial charge in [0.25, 0.3) is 5.91 Å². The van der Waals surface area contributed by atoms with Crippen LogP contribution < -0.4 is 0 Å². The average Bonchev–Trinajstić information content (AvgIpc) is 2.89. The van der Waals surface area contributed by atoms with Gasteiger partial charge in [0.2, 0.25) is 5.91 Å². The van der Waals surface area contributed by atoms with Gasteiger partial charge >= 0.3 is 0 Å². The number of thioether (sulfide) groups is 1. The zero-order valence-electron chi connectivity index (χ0n) is 13.7. The van der Waals surface area contributed by atoms with Crippen molar-refractivity contribution in [2.75, 3.05) is 19.6 Å². The summed E-state index contributed by atoms with van der Waals surface area (Å²) in [6.45, 7) is 1.98. The van der Waals surface area contributed by atoms with Gasteiger partial charge in [-0.1, -0.05) is 53.8 Å². The van der Waals surface area contributed by atoms with Gasteiger partial charge in [0, 0.05) is 31.1 Å². The molecule has 25 heavy (non-hydrogen) atoms. The van der Waals surface area contributed by atoms with Crippen LogP contribution in [0.4, 0.5) is 0 Å². The molecule has 0 aromatic heterocycles. The smallest absolute Gasteiger partial charge is 0.266 e. The molecule has 0 unspecified atom stereocenters. The molecule has 2 saturated heterocycles. The molecule has 4 nitrogen and oxygen atoms in total. The van der Waals surface area contributed by atoms with E-state index < -0.39 is 0 Å². The van der Waals surface area contributed by atoms with Crippen molar-refractivity contribution in [1.29, 1.82) is 0 Å². The van der Waals surface area contributed by atoms with Gasteiger partial charge in [0.15, 0.2) is 0 Å². The molecule has 132 valence electrons. The Labute approximate surface area is 162 Å². The molecule has 1 aromatic rings. The molecule has 2 aliphatic rings. The fourth-order valence-electron chi connectivity index (χ4n) is 2.94. The number of benzene rings is 1. The summed E-state index contributed by atoms with van der Waals surface area (Å²) in [6, 6.07) is 7.35. The Balaban J connectivity index is 1.63. The molecule has 0 bridgehead atoms. The highest BCUT2D eigenvalue weighted by Crippen LogP contribution is 2.33. The van der Waals surface area contributed by atoms with Crippen LogP contribution in [0.15, 0.2) is 29.2 Å². The minimum atomic E-state index is -0.152. The van der Waals surface area contributed by atoms with Crippen LogP contribution in [0, 0.1) is 0 Å². The maximum atomic E-state index is 12.6. The van der Waals surface area contributed by atoms with Crippen molar-refractivity contribution in [3.8, 4) is 0 Å². The largest absolute Gasteiger partial charge is 0.343 e. The van der Waals surface area contributed by atoms with Crippen LogP contribution in [0.25, 0.3) is 6.08 Å². The molecule has 0 N–H and O–H groups in total. The first-order chi connectivity index (χ1) is 12.1. The Morgan fingerprint density at radius 1 is 1.24 bits per heavy atom. The minimum Gasteiger partial charge on any atom is -0.343 e. The third-order valence-corrected chi connectivity index (χ3v) is 6.05. The van der Waals surface area contributed by atoms with E-state index in [2.05, 4.69) is 0 Å². The maximum Gasteiger partial charge on any atom is 0.266 e. The first-order valence-electron chi connectivity index (χ1n) is 8.34. The van der Waals surface area contributed by atoms with Crippen molar-refractivity contribution >= 4 is 57.8 Å². The monoisotopic (exact) mass is 394 g/mol. The maximum absolute atomic E-state index is 12.6. The van der Waals surface area contributed by atoms with E-state index in [-0.39, 0.29) is 11.8 Å². The van der Waals surface area contributed by atoms with Crippen LogP contribution >= 0.6 is 35.6 Å². The first-order valence-corrected chi connectivity index (χ1v) is 9.94. The number of nitrogens with zero attached hydrogens (tertiary/aromatic N) is 2. The lowest BCUT2D eigenvalue weighted by atomic mass is 10.1. The van der Waals surface area contributed by atoms with Gasteiger partial charge in [-0.25, -0.2) is 0 Å². The summed E-state index contributed by atoms with van der Waals surface area (Å²) in [5.41, 5.74) is 0.786. The zero-order valence-corrected chi connectivity index (χ0v) is 16.1. The van der Waals surface area contributed by atoms with Crippen LogP contribution in [0.5, 0.6) is 0 Å². The van der Waals surface area contributed by atoms with Crippen LogP contribution in [0.1, 0.15) is 31.2 Å². The lowest BCUT2D eigenvalue weighted by Crippen LogP contribution is -2.38. The van der Waals surface area contributed by atoms with Crippen molar-refractivity contribution in [1.82, 2.24) is 9.80 Å². The summed E-state index contributed by atoms with van der Waals surface area (Å²) >= 11 is 12.7. The van der Waals surface area contributed by atoms with E-state index in [0.29, 0.717) is 27.2 Å². The molecule has 1 aromatic carbocycles. The molecule has 2 heterocycles. The second-order valence-corrected chi connectivity index (χ2v) is 8.13. The third kappa shape index (κ3) is 4.43. The van der Waals surface area contributed by atoms with Crippen LogP contribution in [0.3, 0.4) is 0 Å². The van der Waals surface area contributed by atoms with Gasteiger partial charge in [-0.3, -0.25) is 14.5 Å². The van der Waals surface area contributed by atoms with Crippen molar-refractivity contribution < 1.29 is 9.59 Å². The standard InChI is InChI=1S/C18H19ClN2O2S2/c19-14-7-3-2-6-13(14)12-15-17(23)21(18(24)25-15)11-8-16(22)20-9-4-1-5-10-20/h2-3,6-7,12H,1,4-5,8-11H2/b15-12-. The zero-order chi connectivity index (χ0) is 17.8. The third-order valence-electron chi connectivity index (χ3n) is 4.32. The lowest BCUT2D eigenvalue weighted by Gasteiger charge is -2.27. The van der Waals surface area contributed by atoms with Gasteiger partial charge < -0.3 is 4.90 Å². The summed E-state index contributed by atoms with van der Waals surface area (Å²) in [5, 5.41) is 0.591. The molecular formula is C18H19ClN2O2S2. The fourth-order valence-corrected chi connectivity index (χ4v) is 4.42. The molecule has 0 spiro atoms. The number of carbonyl (C=O) groups excluding carboxylic acids is 2. The Hall–Kier alpha value is -1.37. The normalized spacial score (nSPS) is 19.8. The first kappa shape index (κ1) is 18.4. The average molecular weight is 395 g/mol. The summed E-state index contributed by atoms with van der Waals surface area (Å²) in [4.78, 5) is 28.8. The molecule has 2 amide bonds. The summed E-state index contributed by atoms with van der Waals surface area (Å²) in [6.07, 6.45) is 5.38. The van der Waals surface area contributed by atoms with Crippen molar-refractivity contribution in [2.24, 2.45) is 0 Å². The quantitative estimate of drug-likeness (QED) is 0.572. The van der Waals surface area contributed by atoms with Crippen molar-refractivity contribution in [3.63, 3.8) is 0 Å². The van der Waals surface area contributed by atoms with Gasteiger partial charge in [0.05, 0.1) is 4.91 Å². The number of rotatable bonds is 4. The number of hydrogen-bond acceptors (Lipinski definition) is 4. The molecule has 0 radical (unpaired) electrons. The minimum absolute atomic E-state index is 0.101. The molecule has 2 aliphatic heterocycles. The van der Waals surface area contributed by atoms with E-state index in [1.165, 1.54) is 23.1 Å². The summed E-state index contributed by atoms with van der Waals surface area (Å²) in [7, 11) is 0. The molecule has 2 fully saturated rings. The molecule has 0 aliphatic carbocycles. The highest BCUT2D eigenvalue weighted by molar-refractivity contribution is 8.26. The highest BCUT2D eigenvalue weighted by atomic mass is 35.5. The molecule has 3 rings (SSSR count). The fraction of sp³-hybridized carbons (Fsp3) is 0.389. The molecular weight excluding hydrogens is 376 g/mol.